The lowest BCUT2D eigenvalue weighted by Gasteiger charge is -2.45. The zero-order valence-corrected chi connectivity index (χ0v) is 10.4. The molecule has 1 saturated carbocycles. The summed E-state index contributed by atoms with van der Waals surface area (Å²) >= 11 is 0. The highest BCUT2D eigenvalue weighted by Crippen LogP contribution is 2.40. The van der Waals surface area contributed by atoms with Crippen LogP contribution in [0.3, 0.4) is 0 Å². The van der Waals surface area contributed by atoms with Gasteiger partial charge in [-0.05, 0) is 32.6 Å². The number of morpholine rings is 1. The number of nitrogens with two attached hydrogens (primary N) is 1. The second-order valence-corrected chi connectivity index (χ2v) is 5.87. The van der Waals surface area contributed by atoms with E-state index in [2.05, 4.69) is 18.7 Å². The van der Waals surface area contributed by atoms with Crippen molar-refractivity contribution in [3.8, 4) is 0 Å². The van der Waals surface area contributed by atoms with Crippen LogP contribution < -0.4 is 5.73 Å². The Bertz CT molecular complexity index is 253. The largest absolute Gasteiger partial charge is 0.387 e. The van der Waals surface area contributed by atoms with Crippen molar-refractivity contribution in [1.29, 1.82) is 0 Å². The van der Waals surface area contributed by atoms with Gasteiger partial charge in [-0.2, -0.15) is 0 Å². The molecule has 0 bridgehead atoms. The molecule has 2 fully saturated rings. The topological polar surface area (TPSA) is 58.7 Å². The Kier molecular flexibility index (Phi) is 3.27. The molecular weight excluding hydrogens is 204 g/mol. The van der Waals surface area contributed by atoms with Crippen molar-refractivity contribution >= 4 is 0 Å². The van der Waals surface area contributed by atoms with E-state index in [4.69, 9.17) is 10.5 Å². The summed E-state index contributed by atoms with van der Waals surface area (Å²) in [5, 5.41) is 10.5. The molecule has 1 aliphatic carbocycles. The fourth-order valence-electron chi connectivity index (χ4n) is 2.50. The first-order chi connectivity index (χ1) is 7.48. The van der Waals surface area contributed by atoms with Crippen LogP contribution in [0.15, 0.2) is 0 Å². The van der Waals surface area contributed by atoms with Gasteiger partial charge in [0.05, 0.1) is 18.8 Å². The van der Waals surface area contributed by atoms with Crippen molar-refractivity contribution in [2.45, 2.75) is 37.8 Å². The minimum absolute atomic E-state index is 0.0102. The molecule has 16 heavy (non-hydrogen) atoms. The van der Waals surface area contributed by atoms with Gasteiger partial charge in [0.15, 0.2) is 0 Å². The fourth-order valence-corrected chi connectivity index (χ4v) is 2.50. The van der Waals surface area contributed by atoms with Crippen LogP contribution in [0.4, 0.5) is 0 Å². The molecule has 1 saturated heterocycles. The van der Waals surface area contributed by atoms with Crippen LogP contribution in [0.2, 0.25) is 0 Å². The Labute approximate surface area is 97.7 Å². The molecule has 0 spiro atoms. The Hall–Kier alpha value is -0.160. The average molecular weight is 228 g/mol. The summed E-state index contributed by atoms with van der Waals surface area (Å²) in [7, 11) is 0. The van der Waals surface area contributed by atoms with Crippen molar-refractivity contribution < 1.29 is 9.84 Å². The van der Waals surface area contributed by atoms with E-state index < -0.39 is 5.60 Å². The SMILES string of the molecule is CC1(C)COCCN1CC(O)(CN)C1CC1. The number of hydrogen-bond donors (Lipinski definition) is 2. The second kappa shape index (κ2) is 4.26. The Morgan fingerprint density at radius 1 is 1.50 bits per heavy atom. The summed E-state index contributed by atoms with van der Waals surface area (Å²) in [6, 6.07) is 0. The van der Waals surface area contributed by atoms with Crippen LogP contribution in [0.5, 0.6) is 0 Å². The minimum atomic E-state index is -0.686. The molecule has 4 nitrogen and oxygen atoms in total. The van der Waals surface area contributed by atoms with Crippen molar-refractivity contribution in [2.75, 3.05) is 32.8 Å². The van der Waals surface area contributed by atoms with Crippen LogP contribution >= 0.6 is 0 Å². The third-order valence-electron chi connectivity index (χ3n) is 3.97. The van der Waals surface area contributed by atoms with E-state index in [1.807, 2.05) is 0 Å². The number of hydrogen-bond acceptors (Lipinski definition) is 4. The van der Waals surface area contributed by atoms with Crippen molar-refractivity contribution in [1.82, 2.24) is 4.90 Å². The third kappa shape index (κ3) is 2.40. The summed E-state index contributed by atoms with van der Waals surface area (Å²) in [4.78, 5) is 2.32. The molecule has 1 unspecified atom stereocenters. The van der Waals surface area contributed by atoms with Gasteiger partial charge < -0.3 is 15.6 Å². The van der Waals surface area contributed by atoms with E-state index in [1.165, 1.54) is 0 Å². The summed E-state index contributed by atoms with van der Waals surface area (Å²) in [5.41, 5.74) is 5.07. The smallest absolute Gasteiger partial charge is 0.0923 e. The summed E-state index contributed by atoms with van der Waals surface area (Å²) in [6.45, 7) is 7.76. The van der Waals surface area contributed by atoms with Gasteiger partial charge in [-0.3, -0.25) is 4.90 Å². The van der Waals surface area contributed by atoms with Gasteiger partial charge >= 0.3 is 0 Å². The molecule has 2 rings (SSSR count). The number of nitrogens with zero attached hydrogens (tertiary/aromatic N) is 1. The van der Waals surface area contributed by atoms with Gasteiger partial charge in [0.1, 0.15) is 0 Å². The number of β-amino-alcohol motifs (C(OH)–C–C–N with tert-alkyl or cyclic N) is 1. The quantitative estimate of drug-likeness (QED) is 0.721. The number of aliphatic hydroxyl groups is 1. The molecule has 3 N–H and O–H groups in total. The van der Waals surface area contributed by atoms with Crippen LogP contribution in [0.1, 0.15) is 26.7 Å². The van der Waals surface area contributed by atoms with Crippen molar-refractivity contribution in [2.24, 2.45) is 11.7 Å². The molecular formula is C12H24N2O2. The first kappa shape index (κ1) is 12.3. The Balaban J connectivity index is 2.01. The highest BCUT2D eigenvalue weighted by molar-refractivity contribution is 5.00. The first-order valence-corrected chi connectivity index (χ1v) is 6.23. The molecule has 94 valence electrons. The van der Waals surface area contributed by atoms with Crippen molar-refractivity contribution in [3.63, 3.8) is 0 Å². The lowest BCUT2D eigenvalue weighted by molar-refractivity contribution is -0.0948. The van der Waals surface area contributed by atoms with Gasteiger partial charge in [0.25, 0.3) is 0 Å². The molecule has 0 aromatic heterocycles. The van der Waals surface area contributed by atoms with Crippen molar-refractivity contribution in [3.05, 3.63) is 0 Å². The molecule has 1 atom stereocenters. The summed E-state index contributed by atoms with van der Waals surface area (Å²) < 4.78 is 5.48. The van der Waals surface area contributed by atoms with Gasteiger partial charge in [0, 0.05) is 25.2 Å². The zero-order valence-electron chi connectivity index (χ0n) is 10.4. The molecule has 0 radical (unpaired) electrons. The Morgan fingerprint density at radius 3 is 2.69 bits per heavy atom. The van der Waals surface area contributed by atoms with Crippen LogP contribution in [-0.2, 0) is 4.74 Å². The highest BCUT2D eigenvalue weighted by atomic mass is 16.5. The van der Waals surface area contributed by atoms with Gasteiger partial charge in [-0.1, -0.05) is 0 Å². The number of rotatable bonds is 4. The molecule has 1 aliphatic heterocycles. The maximum absolute atomic E-state index is 10.5. The van der Waals surface area contributed by atoms with E-state index in [0.29, 0.717) is 19.0 Å². The molecule has 1 heterocycles. The van der Waals surface area contributed by atoms with E-state index >= 15 is 0 Å². The third-order valence-corrected chi connectivity index (χ3v) is 3.97. The van der Waals surface area contributed by atoms with Crippen LogP contribution in [0.25, 0.3) is 0 Å². The molecule has 4 heteroatoms. The van der Waals surface area contributed by atoms with Gasteiger partial charge in [0.2, 0.25) is 0 Å². The molecule has 2 aliphatic rings. The highest BCUT2D eigenvalue weighted by Gasteiger charge is 2.46. The van der Waals surface area contributed by atoms with Gasteiger partial charge in [-0.25, -0.2) is 0 Å². The number of ether oxygens (including phenoxy) is 1. The second-order valence-electron chi connectivity index (χ2n) is 5.87. The fraction of sp³-hybridized carbons (Fsp3) is 1.00. The molecule has 0 aromatic rings. The summed E-state index contributed by atoms with van der Waals surface area (Å²) in [6.07, 6.45) is 2.25. The molecule has 0 amide bonds. The Morgan fingerprint density at radius 2 is 2.19 bits per heavy atom. The lowest BCUT2D eigenvalue weighted by atomic mass is 9.93. The average Bonchev–Trinajstić information content (AvgIpc) is 3.04. The monoisotopic (exact) mass is 228 g/mol. The predicted octanol–water partition coefficient (Wildman–Crippen LogP) is 0.197. The van der Waals surface area contributed by atoms with E-state index in [1.54, 1.807) is 0 Å². The van der Waals surface area contributed by atoms with E-state index in [0.717, 1.165) is 32.6 Å². The van der Waals surface area contributed by atoms with E-state index in [-0.39, 0.29) is 5.54 Å². The minimum Gasteiger partial charge on any atom is -0.387 e. The van der Waals surface area contributed by atoms with Gasteiger partial charge in [-0.15, -0.1) is 0 Å². The van der Waals surface area contributed by atoms with E-state index in [9.17, 15) is 5.11 Å². The first-order valence-electron chi connectivity index (χ1n) is 6.23. The predicted molar refractivity (Wildman–Crippen MR) is 63.2 cm³/mol. The van der Waals surface area contributed by atoms with Crippen LogP contribution in [0, 0.1) is 5.92 Å². The lowest BCUT2D eigenvalue weighted by Crippen LogP contribution is -2.60. The van der Waals surface area contributed by atoms with Crippen LogP contribution in [-0.4, -0.2) is 54.0 Å². The molecule has 0 aromatic carbocycles. The summed E-state index contributed by atoms with van der Waals surface area (Å²) in [5.74, 6) is 0.413. The standard InChI is InChI=1S/C12H24N2O2/c1-11(2)9-16-6-5-14(11)8-12(15,7-13)10-3-4-10/h10,15H,3-9,13H2,1-2H3. The zero-order chi connectivity index (χ0) is 11.8. The maximum Gasteiger partial charge on any atom is 0.0923 e. The normalized spacial score (nSPS) is 30.0. The maximum atomic E-state index is 10.5.